The molecule has 1 atom stereocenters. The molecule has 3 rings (SSSR count). The third-order valence-electron chi connectivity index (χ3n) is 5.30. The normalized spacial score (nSPS) is 19.4. The Balaban J connectivity index is 2.07. The van der Waals surface area contributed by atoms with Crippen molar-refractivity contribution in [3.8, 4) is 16.9 Å². The van der Waals surface area contributed by atoms with E-state index in [-0.39, 0.29) is 17.8 Å². The van der Waals surface area contributed by atoms with E-state index in [0.717, 1.165) is 29.5 Å². The fourth-order valence-electron chi connectivity index (χ4n) is 4.00. The fourth-order valence-corrected chi connectivity index (χ4v) is 4.00. The second-order valence-corrected chi connectivity index (χ2v) is 7.42. The molecule has 0 saturated heterocycles. The summed E-state index contributed by atoms with van der Waals surface area (Å²) in [7, 11) is 0. The number of aliphatic hydroxyl groups excluding tert-OH is 1. The summed E-state index contributed by atoms with van der Waals surface area (Å²) in [6.45, 7) is 1.71. The van der Waals surface area contributed by atoms with Crippen molar-refractivity contribution < 1.29 is 18.6 Å². The first kappa shape index (κ1) is 17.9. The number of aliphatic hydroxyl groups is 1. The molecular weight excluding hydrogens is 322 g/mol. The van der Waals surface area contributed by atoms with Gasteiger partial charge in [0.2, 0.25) is 0 Å². The Morgan fingerprint density at radius 3 is 2.64 bits per heavy atom. The summed E-state index contributed by atoms with van der Waals surface area (Å²) in [6, 6.07) is 12.8. The van der Waals surface area contributed by atoms with Gasteiger partial charge >= 0.3 is 6.61 Å². The molecule has 1 N–H and O–H groups in total. The number of hydrogen-bond acceptors (Lipinski definition) is 2. The molecule has 4 heteroatoms. The van der Waals surface area contributed by atoms with Crippen LogP contribution in [0.3, 0.4) is 0 Å². The zero-order valence-corrected chi connectivity index (χ0v) is 14.6. The third-order valence-corrected chi connectivity index (χ3v) is 5.30. The van der Waals surface area contributed by atoms with E-state index in [1.54, 1.807) is 12.1 Å². The van der Waals surface area contributed by atoms with Gasteiger partial charge in [0.05, 0.1) is 6.61 Å². The van der Waals surface area contributed by atoms with Crippen molar-refractivity contribution in [3.05, 3.63) is 53.6 Å². The van der Waals surface area contributed by atoms with E-state index in [0.29, 0.717) is 5.92 Å². The van der Waals surface area contributed by atoms with Crippen LogP contribution in [0.25, 0.3) is 11.1 Å². The van der Waals surface area contributed by atoms with E-state index in [2.05, 4.69) is 24.7 Å². The lowest BCUT2D eigenvalue weighted by Gasteiger charge is -2.29. The van der Waals surface area contributed by atoms with Crippen LogP contribution >= 0.6 is 0 Å². The molecule has 1 aliphatic carbocycles. The Hall–Kier alpha value is -1.94. The highest BCUT2D eigenvalue weighted by Crippen LogP contribution is 2.51. The lowest BCUT2D eigenvalue weighted by atomic mass is 9.75. The van der Waals surface area contributed by atoms with Crippen LogP contribution in [0.5, 0.6) is 5.75 Å². The van der Waals surface area contributed by atoms with E-state index >= 15 is 0 Å². The van der Waals surface area contributed by atoms with Crippen LogP contribution in [0.15, 0.2) is 42.5 Å². The standard InChI is InChI=1S/C21H24F2O2/c1-21(2)10-4-7-19(21)18-11-14(13-24)8-9-17(18)15-5-3-6-16(12-15)25-20(22)23/h3,5-6,8-9,11-12,19-20,24H,4,7,10,13H2,1-2H3/t19-/m1/s1. The van der Waals surface area contributed by atoms with Crippen LogP contribution < -0.4 is 4.74 Å². The molecule has 0 heterocycles. The maximum absolute atomic E-state index is 12.5. The van der Waals surface area contributed by atoms with Crippen LogP contribution in [0.2, 0.25) is 0 Å². The summed E-state index contributed by atoms with van der Waals surface area (Å²) < 4.78 is 29.6. The summed E-state index contributed by atoms with van der Waals surface area (Å²) in [4.78, 5) is 0. The highest BCUT2D eigenvalue weighted by Gasteiger charge is 2.36. The second kappa shape index (κ2) is 7.12. The SMILES string of the molecule is CC1(C)CCC[C@@H]1c1cc(CO)ccc1-c1cccc(OC(F)F)c1. The zero-order chi connectivity index (χ0) is 18.0. The molecule has 25 heavy (non-hydrogen) atoms. The lowest BCUT2D eigenvalue weighted by Crippen LogP contribution is -2.16. The van der Waals surface area contributed by atoms with Gasteiger partial charge in [-0.05, 0) is 58.6 Å². The molecule has 0 aliphatic heterocycles. The maximum atomic E-state index is 12.5. The van der Waals surface area contributed by atoms with Gasteiger partial charge < -0.3 is 9.84 Å². The molecule has 0 amide bonds. The highest BCUT2D eigenvalue weighted by atomic mass is 19.3. The average molecular weight is 346 g/mol. The molecule has 0 radical (unpaired) electrons. The van der Waals surface area contributed by atoms with Crippen molar-refractivity contribution in [2.75, 3.05) is 0 Å². The van der Waals surface area contributed by atoms with Gasteiger partial charge in [0.25, 0.3) is 0 Å². The average Bonchev–Trinajstić information content (AvgIpc) is 2.93. The minimum absolute atomic E-state index is 0.00500. The molecule has 134 valence electrons. The minimum Gasteiger partial charge on any atom is -0.435 e. The van der Waals surface area contributed by atoms with Crippen molar-refractivity contribution in [3.63, 3.8) is 0 Å². The molecule has 1 aliphatic rings. The molecular formula is C21H24F2O2. The van der Waals surface area contributed by atoms with E-state index < -0.39 is 6.61 Å². The van der Waals surface area contributed by atoms with Gasteiger partial charge in [0.15, 0.2) is 0 Å². The zero-order valence-electron chi connectivity index (χ0n) is 14.6. The van der Waals surface area contributed by atoms with Crippen LogP contribution in [0, 0.1) is 5.41 Å². The second-order valence-electron chi connectivity index (χ2n) is 7.42. The molecule has 0 bridgehead atoms. The molecule has 2 nitrogen and oxygen atoms in total. The van der Waals surface area contributed by atoms with E-state index in [4.69, 9.17) is 0 Å². The summed E-state index contributed by atoms with van der Waals surface area (Å²) in [5, 5.41) is 9.54. The number of rotatable bonds is 5. The van der Waals surface area contributed by atoms with Gasteiger partial charge in [0, 0.05) is 0 Å². The molecule has 1 fully saturated rings. The number of benzene rings is 2. The molecule has 0 aromatic heterocycles. The molecule has 1 saturated carbocycles. The molecule has 0 unspecified atom stereocenters. The van der Waals surface area contributed by atoms with Crippen LogP contribution in [0.1, 0.15) is 50.2 Å². The Kier molecular flexibility index (Phi) is 5.09. The summed E-state index contributed by atoms with van der Waals surface area (Å²) >= 11 is 0. The van der Waals surface area contributed by atoms with Crippen LogP contribution in [-0.4, -0.2) is 11.7 Å². The first-order valence-electron chi connectivity index (χ1n) is 8.69. The van der Waals surface area contributed by atoms with Gasteiger partial charge in [-0.2, -0.15) is 8.78 Å². The first-order chi connectivity index (χ1) is 11.9. The molecule has 2 aromatic carbocycles. The number of hydrogen-bond donors (Lipinski definition) is 1. The Bertz CT molecular complexity index is 740. The van der Waals surface area contributed by atoms with Crippen molar-refractivity contribution in [1.29, 1.82) is 0 Å². The van der Waals surface area contributed by atoms with Crippen molar-refractivity contribution in [2.24, 2.45) is 5.41 Å². The van der Waals surface area contributed by atoms with E-state index in [1.807, 2.05) is 18.2 Å². The van der Waals surface area contributed by atoms with E-state index in [1.165, 1.54) is 18.1 Å². The topological polar surface area (TPSA) is 29.5 Å². The number of halogens is 2. The highest BCUT2D eigenvalue weighted by molar-refractivity contribution is 5.70. The summed E-state index contributed by atoms with van der Waals surface area (Å²) in [5.74, 6) is 0.545. The largest absolute Gasteiger partial charge is 0.435 e. The van der Waals surface area contributed by atoms with Gasteiger partial charge in [0.1, 0.15) is 5.75 Å². The predicted octanol–water partition coefficient (Wildman–Crippen LogP) is 5.74. The van der Waals surface area contributed by atoms with Crippen molar-refractivity contribution >= 4 is 0 Å². The van der Waals surface area contributed by atoms with Gasteiger partial charge in [-0.25, -0.2) is 0 Å². The van der Waals surface area contributed by atoms with Gasteiger partial charge in [-0.3, -0.25) is 0 Å². The monoisotopic (exact) mass is 346 g/mol. The Labute approximate surface area is 147 Å². The first-order valence-corrected chi connectivity index (χ1v) is 8.69. The predicted molar refractivity (Wildman–Crippen MR) is 94.8 cm³/mol. The van der Waals surface area contributed by atoms with Crippen molar-refractivity contribution in [1.82, 2.24) is 0 Å². The third kappa shape index (κ3) is 3.84. The van der Waals surface area contributed by atoms with Crippen LogP contribution in [-0.2, 0) is 6.61 Å². The molecule has 0 spiro atoms. The Morgan fingerprint density at radius 1 is 1.20 bits per heavy atom. The van der Waals surface area contributed by atoms with Crippen LogP contribution in [0.4, 0.5) is 8.78 Å². The van der Waals surface area contributed by atoms with Crippen molar-refractivity contribution in [2.45, 2.75) is 52.2 Å². The molecule has 2 aromatic rings. The fraction of sp³-hybridized carbons (Fsp3) is 0.429. The number of ether oxygens (including phenoxy) is 1. The van der Waals surface area contributed by atoms with E-state index in [9.17, 15) is 13.9 Å². The smallest absolute Gasteiger partial charge is 0.387 e. The van der Waals surface area contributed by atoms with Gasteiger partial charge in [-0.15, -0.1) is 0 Å². The summed E-state index contributed by atoms with van der Waals surface area (Å²) in [6.07, 6.45) is 3.44. The number of alkyl halides is 2. The lowest BCUT2D eigenvalue weighted by molar-refractivity contribution is -0.0498. The Morgan fingerprint density at radius 2 is 2.00 bits per heavy atom. The van der Waals surface area contributed by atoms with Gasteiger partial charge in [-0.1, -0.05) is 50.6 Å². The quantitative estimate of drug-likeness (QED) is 0.748. The minimum atomic E-state index is -2.83. The maximum Gasteiger partial charge on any atom is 0.387 e. The summed E-state index contributed by atoms with van der Waals surface area (Å²) in [5.41, 5.74) is 4.13.